The average molecular weight is 284 g/mol. The summed E-state index contributed by atoms with van der Waals surface area (Å²) in [7, 11) is 1.70. The molecule has 0 radical (unpaired) electrons. The van der Waals surface area contributed by atoms with Gasteiger partial charge in [0.1, 0.15) is 5.75 Å². The maximum atomic E-state index is 12.3. The first-order valence-corrected chi connectivity index (χ1v) is 6.76. The number of benzene rings is 1. The van der Waals surface area contributed by atoms with Crippen LogP contribution in [0.15, 0.2) is 18.2 Å². The number of aromatic hydroxyl groups is 1. The third-order valence-corrected chi connectivity index (χ3v) is 3.80. The Morgan fingerprint density at radius 2 is 2.16 bits per heavy atom. The number of piperidine rings is 1. The van der Waals surface area contributed by atoms with Crippen LogP contribution in [0.3, 0.4) is 0 Å². The van der Waals surface area contributed by atoms with Gasteiger partial charge in [0.15, 0.2) is 0 Å². The molecular formula is C14H18ClNO3. The van der Waals surface area contributed by atoms with Crippen LogP contribution in [0.2, 0.25) is 5.02 Å². The van der Waals surface area contributed by atoms with Crippen molar-refractivity contribution in [2.45, 2.75) is 12.8 Å². The molecule has 4 nitrogen and oxygen atoms in total. The van der Waals surface area contributed by atoms with E-state index in [4.69, 9.17) is 16.3 Å². The number of carbonyl (C=O) groups excluding carboxylic acids is 1. The minimum absolute atomic E-state index is 0.00276. The Hall–Kier alpha value is -1.26. The minimum atomic E-state index is -0.0298. The van der Waals surface area contributed by atoms with Gasteiger partial charge >= 0.3 is 0 Å². The van der Waals surface area contributed by atoms with Gasteiger partial charge in [0.2, 0.25) is 0 Å². The molecule has 0 spiro atoms. The van der Waals surface area contributed by atoms with Crippen molar-refractivity contribution in [3.05, 3.63) is 28.8 Å². The number of nitrogens with zero attached hydrogens (tertiary/aromatic N) is 1. The van der Waals surface area contributed by atoms with E-state index in [2.05, 4.69) is 0 Å². The molecular weight excluding hydrogens is 266 g/mol. The maximum Gasteiger partial charge on any atom is 0.253 e. The normalized spacial score (nSPS) is 16.6. The lowest BCUT2D eigenvalue weighted by atomic mass is 9.97. The number of hydrogen-bond donors (Lipinski definition) is 1. The first kappa shape index (κ1) is 14.2. The first-order valence-electron chi connectivity index (χ1n) is 6.38. The molecule has 1 aromatic carbocycles. The molecule has 0 atom stereocenters. The average Bonchev–Trinajstić information content (AvgIpc) is 2.42. The summed E-state index contributed by atoms with van der Waals surface area (Å²) in [6, 6.07) is 4.57. The number of halogens is 1. The summed E-state index contributed by atoms with van der Waals surface area (Å²) in [5.74, 6) is 0.507. The van der Waals surface area contributed by atoms with E-state index >= 15 is 0 Å². The Balaban J connectivity index is 1.99. The van der Waals surface area contributed by atoms with Crippen LogP contribution >= 0.6 is 11.6 Å². The molecule has 1 aromatic rings. The van der Waals surface area contributed by atoms with Gasteiger partial charge < -0.3 is 14.7 Å². The van der Waals surface area contributed by atoms with Crippen LogP contribution < -0.4 is 0 Å². The van der Waals surface area contributed by atoms with Crippen molar-refractivity contribution in [3.63, 3.8) is 0 Å². The highest BCUT2D eigenvalue weighted by molar-refractivity contribution is 6.32. The summed E-state index contributed by atoms with van der Waals surface area (Å²) in [6.45, 7) is 2.24. The molecule has 0 aliphatic carbocycles. The highest BCUT2D eigenvalue weighted by Crippen LogP contribution is 2.25. The van der Waals surface area contributed by atoms with Gasteiger partial charge in [-0.2, -0.15) is 0 Å². The van der Waals surface area contributed by atoms with E-state index in [1.807, 2.05) is 4.90 Å². The summed E-state index contributed by atoms with van der Waals surface area (Å²) in [6.07, 6.45) is 1.93. The Morgan fingerprint density at radius 1 is 1.47 bits per heavy atom. The molecule has 0 unspecified atom stereocenters. The van der Waals surface area contributed by atoms with E-state index in [0.29, 0.717) is 11.5 Å². The van der Waals surface area contributed by atoms with Crippen LogP contribution in [0.4, 0.5) is 0 Å². The fraction of sp³-hybridized carbons (Fsp3) is 0.500. The van der Waals surface area contributed by atoms with E-state index in [9.17, 15) is 9.90 Å². The fourth-order valence-electron chi connectivity index (χ4n) is 2.36. The molecule has 1 heterocycles. The maximum absolute atomic E-state index is 12.3. The van der Waals surface area contributed by atoms with Crippen molar-refractivity contribution in [1.29, 1.82) is 0 Å². The minimum Gasteiger partial charge on any atom is -0.506 e. The molecule has 1 fully saturated rings. The number of amides is 1. The highest BCUT2D eigenvalue weighted by Gasteiger charge is 2.23. The molecule has 1 saturated heterocycles. The van der Waals surface area contributed by atoms with E-state index in [1.165, 1.54) is 12.1 Å². The van der Waals surface area contributed by atoms with Crippen LogP contribution in [-0.2, 0) is 4.74 Å². The molecule has 1 aliphatic rings. The second-order valence-corrected chi connectivity index (χ2v) is 5.26. The van der Waals surface area contributed by atoms with Crippen LogP contribution in [0, 0.1) is 5.92 Å². The largest absolute Gasteiger partial charge is 0.506 e. The third kappa shape index (κ3) is 3.39. The molecule has 1 aliphatic heterocycles. The van der Waals surface area contributed by atoms with E-state index in [-0.39, 0.29) is 16.7 Å². The van der Waals surface area contributed by atoms with E-state index in [1.54, 1.807) is 13.2 Å². The zero-order valence-corrected chi connectivity index (χ0v) is 11.7. The number of methoxy groups -OCH3 is 1. The second kappa shape index (κ2) is 6.26. The van der Waals surface area contributed by atoms with Crippen LogP contribution in [-0.4, -0.2) is 42.7 Å². The highest BCUT2D eigenvalue weighted by atomic mass is 35.5. The molecule has 19 heavy (non-hydrogen) atoms. The number of carbonyl (C=O) groups is 1. The summed E-state index contributed by atoms with van der Waals surface area (Å²) in [5.41, 5.74) is 0.521. The van der Waals surface area contributed by atoms with Crippen LogP contribution in [0.25, 0.3) is 0 Å². The van der Waals surface area contributed by atoms with Gasteiger partial charge in [0.25, 0.3) is 5.91 Å². The van der Waals surface area contributed by atoms with Crippen LogP contribution in [0.1, 0.15) is 23.2 Å². The molecule has 104 valence electrons. The molecule has 1 amide bonds. The lowest BCUT2D eigenvalue weighted by Crippen LogP contribution is -2.39. The second-order valence-electron chi connectivity index (χ2n) is 4.86. The van der Waals surface area contributed by atoms with Gasteiger partial charge in [0, 0.05) is 32.4 Å². The number of phenols is 1. The monoisotopic (exact) mass is 283 g/mol. The number of likely N-dealkylation sites (tertiary alicyclic amines) is 1. The Bertz CT molecular complexity index is 456. The molecule has 2 rings (SSSR count). The zero-order valence-electron chi connectivity index (χ0n) is 10.9. The fourth-order valence-corrected chi connectivity index (χ4v) is 2.54. The molecule has 0 saturated carbocycles. The summed E-state index contributed by atoms with van der Waals surface area (Å²) < 4.78 is 5.14. The quantitative estimate of drug-likeness (QED) is 0.927. The number of phenolic OH excluding ortho intramolecular Hbond substituents is 1. The van der Waals surface area contributed by atoms with Crippen molar-refractivity contribution in [3.8, 4) is 5.75 Å². The number of ether oxygens (including phenoxy) is 1. The topological polar surface area (TPSA) is 49.8 Å². The Morgan fingerprint density at radius 3 is 2.74 bits per heavy atom. The van der Waals surface area contributed by atoms with Gasteiger partial charge in [0.05, 0.1) is 5.02 Å². The van der Waals surface area contributed by atoms with Crippen LogP contribution in [0.5, 0.6) is 5.75 Å². The van der Waals surface area contributed by atoms with Crippen molar-refractivity contribution in [1.82, 2.24) is 4.90 Å². The summed E-state index contributed by atoms with van der Waals surface area (Å²) in [4.78, 5) is 14.1. The van der Waals surface area contributed by atoms with E-state index < -0.39 is 0 Å². The summed E-state index contributed by atoms with van der Waals surface area (Å²) >= 11 is 5.82. The van der Waals surface area contributed by atoms with Crippen molar-refractivity contribution >= 4 is 17.5 Å². The standard InChI is InChI=1S/C14H18ClNO3/c1-19-9-10-4-6-16(7-5-10)14(18)11-2-3-13(17)12(15)8-11/h2-3,8,10,17H,4-7,9H2,1H3. The van der Waals surface area contributed by atoms with Crippen molar-refractivity contribution in [2.24, 2.45) is 5.92 Å². The van der Waals surface area contributed by atoms with Gasteiger partial charge in [-0.25, -0.2) is 0 Å². The molecule has 0 bridgehead atoms. The van der Waals surface area contributed by atoms with Gasteiger partial charge in [-0.3, -0.25) is 4.79 Å². The number of rotatable bonds is 3. The van der Waals surface area contributed by atoms with Gasteiger partial charge in [-0.1, -0.05) is 11.6 Å². The van der Waals surface area contributed by atoms with E-state index in [0.717, 1.165) is 32.5 Å². The van der Waals surface area contributed by atoms with Gasteiger partial charge in [-0.05, 0) is 37.0 Å². The molecule has 1 N–H and O–H groups in total. The molecule has 0 aromatic heterocycles. The van der Waals surface area contributed by atoms with Crippen molar-refractivity contribution in [2.75, 3.05) is 26.8 Å². The van der Waals surface area contributed by atoms with Crippen molar-refractivity contribution < 1.29 is 14.6 Å². The predicted molar refractivity (Wildman–Crippen MR) is 73.6 cm³/mol. The third-order valence-electron chi connectivity index (χ3n) is 3.50. The summed E-state index contributed by atoms with van der Waals surface area (Å²) in [5, 5.41) is 9.57. The Labute approximate surface area is 117 Å². The Kier molecular flexibility index (Phi) is 4.66. The van der Waals surface area contributed by atoms with Gasteiger partial charge in [-0.15, -0.1) is 0 Å². The number of hydrogen-bond acceptors (Lipinski definition) is 3. The lowest BCUT2D eigenvalue weighted by molar-refractivity contribution is 0.0613. The smallest absolute Gasteiger partial charge is 0.253 e. The lowest BCUT2D eigenvalue weighted by Gasteiger charge is -2.31. The first-order chi connectivity index (χ1) is 9.11. The zero-order chi connectivity index (χ0) is 13.8. The molecule has 5 heteroatoms. The SMILES string of the molecule is COCC1CCN(C(=O)c2ccc(O)c(Cl)c2)CC1. The predicted octanol–water partition coefficient (Wildman–Crippen LogP) is 2.54.